The zero-order valence-corrected chi connectivity index (χ0v) is 9.88. The summed E-state index contributed by atoms with van der Waals surface area (Å²) in [6.07, 6.45) is 3.03. The van der Waals surface area contributed by atoms with Gasteiger partial charge >= 0.3 is 0 Å². The molecule has 0 radical (unpaired) electrons. The molecule has 0 bridgehead atoms. The minimum absolute atomic E-state index is 0.215. The first kappa shape index (κ1) is 11.8. The molecule has 2 aromatic heterocycles. The number of benzene rings is 1. The summed E-state index contributed by atoms with van der Waals surface area (Å²) >= 11 is 0. The van der Waals surface area contributed by atoms with Crippen molar-refractivity contribution in [3.05, 3.63) is 60.1 Å². The summed E-state index contributed by atoms with van der Waals surface area (Å²) in [5.74, 6) is 5.63. The number of nitrogens with two attached hydrogens (primary N) is 1. The summed E-state index contributed by atoms with van der Waals surface area (Å²) < 4.78 is 19.1. The smallest absolute Gasteiger partial charge is 0.169 e. The Morgan fingerprint density at radius 1 is 1.32 bits per heavy atom. The summed E-state index contributed by atoms with van der Waals surface area (Å²) in [6.45, 7) is 0. The monoisotopic (exact) mass is 258 g/mol. The van der Waals surface area contributed by atoms with Crippen LogP contribution in [0.2, 0.25) is 0 Å². The molecule has 0 aliphatic heterocycles. The Kier molecular flexibility index (Phi) is 2.94. The molecule has 6 heteroatoms. The zero-order chi connectivity index (χ0) is 13.2. The number of nitrogens with one attached hydrogen (secondary N) is 1. The minimum Gasteiger partial charge on any atom is -0.456 e. The van der Waals surface area contributed by atoms with Gasteiger partial charge in [0.05, 0.1) is 5.69 Å². The molecule has 96 valence electrons. The van der Waals surface area contributed by atoms with Gasteiger partial charge in [-0.15, -0.1) is 0 Å². The van der Waals surface area contributed by atoms with Crippen molar-refractivity contribution in [2.24, 2.45) is 5.84 Å². The Bertz CT molecular complexity index is 698. The fourth-order valence-electron chi connectivity index (χ4n) is 1.97. The molecule has 1 unspecified atom stereocenters. The van der Waals surface area contributed by atoms with Gasteiger partial charge in [-0.1, -0.05) is 12.1 Å². The molecule has 0 aliphatic carbocycles. The predicted octanol–water partition coefficient (Wildman–Crippen LogP) is 1.91. The Labute approximate surface area is 108 Å². The normalized spacial score (nSPS) is 12.7. The zero-order valence-electron chi connectivity index (χ0n) is 9.88. The predicted molar refractivity (Wildman–Crippen MR) is 67.4 cm³/mol. The van der Waals surface area contributed by atoms with Crippen molar-refractivity contribution in [3.63, 3.8) is 0 Å². The number of aromatic nitrogens is 2. The molecule has 0 fully saturated rings. The van der Waals surface area contributed by atoms with E-state index in [2.05, 4.69) is 15.4 Å². The molecule has 3 rings (SSSR count). The van der Waals surface area contributed by atoms with Crippen molar-refractivity contribution >= 4 is 11.0 Å². The first-order valence-electron chi connectivity index (χ1n) is 5.69. The van der Waals surface area contributed by atoms with Crippen LogP contribution in [0.5, 0.6) is 0 Å². The molecule has 1 aromatic carbocycles. The average Bonchev–Trinajstić information content (AvgIpc) is 2.86. The Hall–Kier alpha value is -2.31. The minimum atomic E-state index is -0.449. The molecule has 1 atom stereocenters. The van der Waals surface area contributed by atoms with Crippen molar-refractivity contribution in [1.29, 1.82) is 0 Å². The fraction of sp³-hybridized carbons (Fsp3) is 0.0769. The van der Waals surface area contributed by atoms with Crippen LogP contribution >= 0.6 is 0 Å². The van der Waals surface area contributed by atoms with Gasteiger partial charge in [0.15, 0.2) is 11.4 Å². The van der Waals surface area contributed by atoms with Gasteiger partial charge in [-0.3, -0.25) is 5.84 Å². The molecular formula is C13H11FN4O. The number of hydrogen-bond donors (Lipinski definition) is 2. The molecule has 3 N–H and O–H groups in total. The maximum absolute atomic E-state index is 13.6. The van der Waals surface area contributed by atoms with Crippen LogP contribution in [0.3, 0.4) is 0 Å². The number of furan rings is 1. The van der Waals surface area contributed by atoms with Crippen LogP contribution in [0.15, 0.2) is 47.3 Å². The lowest BCUT2D eigenvalue weighted by Gasteiger charge is -2.11. The van der Waals surface area contributed by atoms with E-state index in [-0.39, 0.29) is 5.58 Å². The molecule has 0 amide bonds. The van der Waals surface area contributed by atoms with E-state index in [0.29, 0.717) is 16.8 Å². The van der Waals surface area contributed by atoms with Crippen molar-refractivity contribution in [2.75, 3.05) is 0 Å². The van der Waals surface area contributed by atoms with E-state index in [9.17, 15) is 4.39 Å². The lowest BCUT2D eigenvalue weighted by Crippen LogP contribution is -2.29. The van der Waals surface area contributed by atoms with Crippen LogP contribution in [-0.2, 0) is 0 Å². The summed E-state index contributed by atoms with van der Waals surface area (Å²) in [5.41, 5.74) is 3.47. The van der Waals surface area contributed by atoms with Gasteiger partial charge in [0.2, 0.25) is 0 Å². The second-order valence-electron chi connectivity index (χ2n) is 4.04. The van der Waals surface area contributed by atoms with Crippen LogP contribution in [0.25, 0.3) is 11.0 Å². The quantitative estimate of drug-likeness (QED) is 0.554. The van der Waals surface area contributed by atoms with Gasteiger partial charge in [0.25, 0.3) is 0 Å². The van der Waals surface area contributed by atoms with Crippen molar-refractivity contribution < 1.29 is 8.81 Å². The van der Waals surface area contributed by atoms with Gasteiger partial charge < -0.3 is 4.42 Å². The molecule has 0 saturated carbocycles. The van der Waals surface area contributed by atoms with Crippen molar-refractivity contribution in [2.45, 2.75) is 6.04 Å². The van der Waals surface area contributed by atoms with Gasteiger partial charge in [-0.05, 0) is 18.2 Å². The first-order chi connectivity index (χ1) is 9.29. The maximum atomic E-state index is 13.6. The topological polar surface area (TPSA) is 77.0 Å². The summed E-state index contributed by atoms with van der Waals surface area (Å²) in [4.78, 5) is 7.95. The number of rotatable bonds is 3. The third-order valence-electron chi connectivity index (χ3n) is 2.87. The maximum Gasteiger partial charge on any atom is 0.169 e. The second kappa shape index (κ2) is 4.75. The van der Waals surface area contributed by atoms with Crippen LogP contribution in [0.4, 0.5) is 4.39 Å². The number of nitrogens with zero attached hydrogens (tertiary/aromatic N) is 2. The largest absolute Gasteiger partial charge is 0.456 e. The highest BCUT2D eigenvalue weighted by Gasteiger charge is 2.19. The highest BCUT2D eigenvalue weighted by molar-refractivity contribution is 5.78. The first-order valence-corrected chi connectivity index (χ1v) is 5.69. The highest BCUT2D eigenvalue weighted by atomic mass is 19.1. The molecule has 3 aromatic rings. The average molecular weight is 258 g/mol. The van der Waals surface area contributed by atoms with Crippen LogP contribution in [-0.4, -0.2) is 9.97 Å². The third-order valence-corrected chi connectivity index (χ3v) is 2.87. The van der Waals surface area contributed by atoms with Gasteiger partial charge in [0.1, 0.15) is 18.1 Å². The van der Waals surface area contributed by atoms with E-state index in [1.165, 1.54) is 12.4 Å². The molecular weight excluding hydrogens is 247 g/mol. The van der Waals surface area contributed by atoms with Crippen molar-refractivity contribution in [3.8, 4) is 0 Å². The van der Waals surface area contributed by atoms with E-state index in [1.807, 2.05) is 0 Å². The van der Waals surface area contributed by atoms with E-state index in [1.54, 1.807) is 30.5 Å². The second-order valence-corrected chi connectivity index (χ2v) is 4.04. The van der Waals surface area contributed by atoms with Crippen molar-refractivity contribution in [1.82, 2.24) is 15.4 Å². The Morgan fingerprint density at radius 2 is 2.21 bits per heavy atom. The lowest BCUT2D eigenvalue weighted by molar-refractivity contribution is 0.459. The van der Waals surface area contributed by atoms with Gasteiger partial charge in [-0.25, -0.2) is 19.8 Å². The molecule has 5 nitrogen and oxygen atoms in total. The van der Waals surface area contributed by atoms with E-state index < -0.39 is 11.9 Å². The highest BCUT2D eigenvalue weighted by Crippen LogP contribution is 2.28. The molecule has 2 heterocycles. The van der Waals surface area contributed by atoms with Crippen LogP contribution < -0.4 is 11.3 Å². The van der Waals surface area contributed by atoms with Crippen LogP contribution in [0, 0.1) is 5.82 Å². The lowest BCUT2D eigenvalue weighted by atomic mass is 10.1. The van der Waals surface area contributed by atoms with Crippen LogP contribution in [0.1, 0.15) is 17.5 Å². The summed E-state index contributed by atoms with van der Waals surface area (Å²) in [5, 5.41) is 0.685. The number of fused-ring (bicyclic) bond motifs is 1. The Morgan fingerprint density at radius 3 is 2.89 bits per heavy atom. The number of halogens is 1. The molecule has 0 spiro atoms. The standard InChI is InChI=1S/C13H11FN4O/c14-9-3-1-2-8-6-11(19-13(8)9)12(18-15)10-4-5-16-7-17-10/h1-7,12,18H,15H2. The SMILES string of the molecule is NNC(c1ccncn1)c1cc2cccc(F)c2o1. The number of para-hydroxylation sites is 1. The number of hydrazine groups is 1. The molecule has 0 saturated heterocycles. The number of hydrogen-bond acceptors (Lipinski definition) is 5. The van der Waals surface area contributed by atoms with E-state index in [4.69, 9.17) is 10.3 Å². The van der Waals surface area contributed by atoms with Gasteiger partial charge in [-0.2, -0.15) is 0 Å². The molecule has 19 heavy (non-hydrogen) atoms. The van der Waals surface area contributed by atoms with E-state index >= 15 is 0 Å². The summed E-state index contributed by atoms with van der Waals surface area (Å²) in [7, 11) is 0. The van der Waals surface area contributed by atoms with Gasteiger partial charge in [0, 0.05) is 11.6 Å². The van der Waals surface area contributed by atoms with E-state index in [0.717, 1.165) is 0 Å². The third kappa shape index (κ3) is 2.07. The Balaban J connectivity index is 2.09. The fourth-order valence-corrected chi connectivity index (χ4v) is 1.97. The molecule has 0 aliphatic rings. The summed E-state index contributed by atoms with van der Waals surface area (Å²) in [6, 6.07) is 7.77.